The maximum absolute atomic E-state index is 12.4. The van der Waals surface area contributed by atoms with Gasteiger partial charge < -0.3 is 0 Å². The van der Waals surface area contributed by atoms with Gasteiger partial charge in [0.2, 0.25) is 0 Å². The number of benzene rings is 1. The SMILES string of the molecule is Cc1sccc1C(=O)Cc1ccc(C(F)(F)F)cc1. The van der Waals surface area contributed by atoms with Crippen LogP contribution in [0.4, 0.5) is 13.2 Å². The molecule has 0 bridgehead atoms. The lowest BCUT2D eigenvalue weighted by Gasteiger charge is -2.07. The fraction of sp³-hybridized carbons (Fsp3) is 0.214. The smallest absolute Gasteiger partial charge is 0.294 e. The van der Waals surface area contributed by atoms with Gasteiger partial charge in [0.15, 0.2) is 5.78 Å². The van der Waals surface area contributed by atoms with Gasteiger partial charge in [-0.05, 0) is 36.1 Å². The average Bonchev–Trinajstić information content (AvgIpc) is 2.75. The summed E-state index contributed by atoms with van der Waals surface area (Å²) in [6, 6.07) is 6.45. The van der Waals surface area contributed by atoms with E-state index in [0.717, 1.165) is 17.0 Å². The summed E-state index contributed by atoms with van der Waals surface area (Å²) in [7, 11) is 0. The topological polar surface area (TPSA) is 17.1 Å². The van der Waals surface area contributed by atoms with Crippen LogP contribution in [0.2, 0.25) is 0 Å². The van der Waals surface area contributed by atoms with Crippen molar-refractivity contribution in [1.29, 1.82) is 0 Å². The Hall–Kier alpha value is -1.62. The number of hydrogen-bond acceptors (Lipinski definition) is 2. The molecule has 0 N–H and O–H groups in total. The van der Waals surface area contributed by atoms with Crippen molar-refractivity contribution in [3.8, 4) is 0 Å². The van der Waals surface area contributed by atoms with Gasteiger partial charge in [0, 0.05) is 16.9 Å². The van der Waals surface area contributed by atoms with E-state index >= 15 is 0 Å². The maximum Gasteiger partial charge on any atom is 0.416 e. The molecule has 0 unspecified atom stereocenters. The van der Waals surface area contributed by atoms with E-state index in [0.29, 0.717) is 11.1 Å². The number of hydrogen-bond donors (Lipinski definition) is 0. The van der Waals surface area contributed by atoms with Crippen molar-refractivity contribution >= 4 is 17.1 Å². The molecule has 1 heterocycles. The van der Waals surface area contributed by atoms with Gasteiger partial charge in [-0.3, -0.25) is 4.79 Å². The number of alkyl halides is 3. The van der Waals surface area contributed by atoms with Crippen LogP contribution in [-0.2, 0) is 12.6 Å². The highest BCUT2D eigenvalue weighted by Gasteiger charge is 2.29. The molecule has 1 nitrogen and oxygen atoms in total. The van der Waals surface area contributed by atoms with Gasteiger partial charge in [-0.2, -0.15) is 13.2 Å². The minimum absolute atomic E-state index is 0.0708. The number of aryl methyl sites for hydroxylation is 1. The minimum atomic E-state index is -4.34. The van der Waals surface area contributed by atoms with Crippen molar-refractivity contribution in [3.05, 3.63) is 57.3 Å². The zero-order valence-electron chi connectivity index (χ0n) is 10.1. The molecule has 5 heteroatoms. The molecule has 0 atom stereocenters. The Morgan fingerprint density at radius 2 is 1.79 bits per heavy atom. The molecular weight excluding hydrogens is 273 g/mol. The number of carbonyl (C=O) groups is 1. The number of rotatable bonds is 3. The third-order valence-electron chi connectivity index (χ3n) is 2.81. The lowest BCUT2D eigenvalue weighted by molar-refractivity contribution is -0.137. The monoisotopic (exact) mass is 284 g/mol. The van der Waals surface area contributed by atoms with Crippen molar-refractivity contribution < 1.29 is 18.0 Å². The van der Waals surface area contributed by atoms with Crippen LogP contribution in [0.5, 0.6) is 0 Å². The molecule has 0 aliphatic heterocycles. The van der Waals surface area contributed by atoms with E-state index in [1.165, 1.54) is 23.5 Å². The summed E-state index contributed by atoms with van der Waals surface area (Å²) in [4.78, 5) is 12.9. The summed E-state index contributed by atoms with van der Waals surface area (Å²) >= 11 is 1.48. The van der Waals surface area contributed by atoms with Crippen LogP contribution in [0, 0.1) is 6.92 Å². The molecule has 0 fully saturated rings. The van der Waals surface area contributed by atoms with Gasteiger partial charge in [0.1, 0.15) is 0 Å². The molecule has 0 radical (unpaired) electrons. The third-order valence-corrected chi connectivity index (χ3v) is 3.65. The highest BCUT2D eigenvalue weighted by molar-refractivity contribution is 7.10. The van der Waals surface area contributed by atoms with Crippen molar-refractivity contribution in [2.24, 2.45) is 0 Å². The van der Waals surface area contributed by atoms with E-state index in [2.05, 4.69) is 0 Å². The van der Waals surface area contributed by atoms with E-state index in [1.807, 2.05) is 12.3 Å². The van der Waals surface area contributed by atoms with Crippen LogP contribution in [-0.4, -0.2) is 5.78 Å². The first-order valence-electron chi connectivity index (χ1n) is 5.61. The quantitative estimate of drug-likeness (QED) is 0.758. The fourth-order valence-corrected chi connectivity index (χ4v) is 2.48. The number of ketones is 1. The summed E-state index contributed by atoms with van der Waals surface area (Å²) in [5.41, 5.74) is 0.531. The molecule has 1 aromatic heterocycles. The third kappa shape index (κ3) is 3.23. The predicted octanol–water partition coefficient (Wildman–Crippen LogP) is 4.50. The number of Topliss-reactive ketones (excluding diaryl/α,β-unsaturated/α-hetero) is 1. The fourth-order valence-electron chi connectivity index (χ4n) is 1.77. The molecule has 0 saturated heterocycles. The number of halogens is 3. The normalized spacial score (nSPS) is 11.6. The second kappa shape index (κ2) is 5.17. The van der Waals surface area contributed by atoms with Crippen molar-refractivity contribution in [2.45, 2.75) is 19.5 Å². The van der Waals surface area contributed by atoms with Crippen molar-refractivity contribution in [3.63, 3.8) is 0 Å². The van der Waals surface area contributed by atoms with Crippen LogP contribution in [0.15, 0.2) is 35.7 Å². The molecule has 0 aliphatic carbocycles. The van der Waals surface area contributed by atoms with E-state index in [9.17, 15) is 18.0 Å². The van der Waals surface area contributed by atoms with Crippen molar-refractivity contribution in [1.82, 2.24) is 0 Å². The predicted molar refractivity (Wildman–Crippen MR) is 68.5 cm³/mol. The Morgan fingerprint density at radius 1 is 1.16 bits per heavy atom. The van der Waals surface area contributed by atoms with Crippen LogP contribution in [0.1, 0.15) is 26.4 Å². The summed E-state index contributed by atoms with van der Waals surface area (Å²) in [5.74, 6) is -0.0708. The number of carbonyl (C=O) groups excluding carboxylic acids is 1. The Bertz CT molecular complexity index is 581. The summed E-state index contributed by atoms with van der Waals surface area (Å²) in [5, 5.41) is 1.83. The van der Waals surface area contributed by atoms with Crippen LogP contribution >= 0.6 is 11.3 Å². The van der Waals surface area contributed by atoms with E-state index in [-0.39, 0.29) is 12.2 Å². The van der Waals surface area contributed by atoms with E-state index in [1.54, 1.807) is 6.07 Å². The van der Waals surface area contributed by atoms with Crippen LogP contribution < -0.4 is 0 Å². The molecular formula is C14H11F3OS. The first-order chi connectivity index (χ1) is 8.88. The largest absolute Gasteiger partial charge is 0.416 e. The lowest BCUT2D eigenvalue weighted by atomic mass is 10.0. The lowest BCUT2D eigenvalue weighted by Crippen LogP contribution is -2.06. The van der Waals surface area contributed by atoms with Gasteiger partial charge in [0.05, 0.1) is 5.56 Å². The molecule has 2 rings (SSSR count). The highest BCUT2D eigenvalue weighted by atomic mass is 32.1. The first kappa shape index (κ1) is 13.8. The van der Waals surface area contributed by atoms with Gasteiger partial charge >= 0.3 is 6.18 Å². The van der Waals surface area contributed by atoms with Gasteiger partial charge in [-0.1, -0.05) is 12.1 Å². The molecule has 0 amide bonds. The molecule has 100 valence electrons. The van der Waals surface area contributed by atoms with Gasteiger partial charge in [-0.25, -0.2) is 0 Å². The molecule has 2 aromatic rings. The Balaban J connectivity index is 2.12. The second-order valence-electron chi connectivity index (χ2n) is 4.19. The first-order valence-corrected chi connectivity index (χ1v) is 6.49. The summed E-state index contributed by atoms with van der Waals surface area (Å²) in [6.07, 6.45) is -4.22. The molecule has 19 heavy (non-hydrogen) atoms. The number of thiophene rings is 1. The van der Waals surface area contributed by atoms with Crippen LogP contribution in [0.25, 0.3) is 0 Å². The second-order valence-corrected chi connectivity index (χ2v) is 5.31. The Kier molecular flexibility index (Phi) is 3.75. The van der Waals surface area contributed by atoms with Gasteiger partial charge in [-0.15, -0.1) is 11.3 Å². The zero-order valence-corrected chi connectivity index (χ0v) is 10.9. The summed E-state index contributed by atoms with van der Waals surface area (Å²) in [6.45, 7) is 1.85. The Morgan fingerprint density at radius 3 is 2.26 bits per heavy atom. The van der Waals surface area contributed by atoms with Gasteiger partial charge in [0.25, 0.3) is 0 Å². The standard InChI is InChI=1S/C14H11F3OS/c1-9-12(6-7-19-9)13(18)8-10-2-4-11(5-3-10)14(15,16)17/h2-7H,8H2,1H3. The highest BCUT2D eigenvalue weighted by Crippen LogP contribution is 2.29. The van der Waals surface area contributed by atoms with Crippen LogP contribution in [0.3, 0.4) is 0 Å². The van der Waals surface area contributed by atoms with Crippen molar-refractivity contribution in [2.75, 3.05) is 0 Å². The summed E-state index contributed by atoms with van der Waals surface area (Å²) < 4.78 is 37.2. The van der Waals surface area contributed by atoms with E-state index in [4.69, 9.17) is 0 Å². The molecule has 0 aliphatic rings. The average molecular weight is 284 g/mol. The Labute approximate surface area is 112 Å². The maximum atomic E-state index is 12.4. The molecule has 1 aromatic carbocycles. The molecule has 0 spiro atoms. The minimum Gasteiger partial charge on any atom is -0.294 e. The zero-order chi connectivity index (χ0) is 14.0. The molecule has 0 saturated carbocycles. The van der Waals surface area contributed by atoms with E-state index < -0.39 is 11.7 Å².